The molecule has 0 bridgehead atoms. The molecule has 1 saturated carbocycles. The van der Waals surface area contributed by atoms with Gasteiger partial charge in [-0.15, -0.1) is 12.0 Å². The van der Waals surface area contributed by atoms with Crippen LogP contribution in [0.3, 0.4) is 0 Å². The maximum Gasteiger partial charge on any atom is 0.146 e. The zero-order chi connectivity index (χ0) is 9.35. The van der Waals surface area contributed by atoms with Gasteiger partial charge in [0.1, 0.15) is 8.07 Å². The van der Waals surface area contributed by atoms with Crippen molar-refractivity contribution in [2.45, 2.75) is 57.2 Å². The van der Waals surface area contributed by atoms with Crippen LogP contribution in [0, 0.1) is 12.0 Å². The minimum absolute atomic E-state index is 0.759. The van der Waals surface area contributed by atoms with Gasteiger partial charge in [-0.3, -0.25) is 0 Å². The third-order valence-corrected chi connectivity index (χ3v) is 9.66. The molecule has 0 nitrogen and oxygen atoms in total. The van der Waals surface area contributed by atoms with Gasteiger partial charge in [-0.25, -0.2) is 0 Å². The highest BCUT2D eigenvalue weighted by Gasteiger charge is 2.50. The van der Waals surface area contributed by atoms with Crippen LogP contribution < -0.4 is 0 Å². The van der Waals surface area contributed by atoms with Crippen molar-refractivity contribution in [2.75, 3.05) is 0 Å². The van der Waals surface area contributed by atoms with Crippen molar-refractivity contribution in [1.29, 1.82) is 0 Å². The summed E-state index contributed by atoms with van der Waals surface area (Å²) < 4.78 is 0. The molecule has 0 spiro atoms. The summed E-state index contributed by atoms with van der Waals surface area (Å²) in [6.45, 7) is 9.30. The van der Waals surface area contributed by atoms with Gasteiger partial charge in [0.05, 0.1) is 0 Å². The zero-order valence-electron chi connectivity index (χ0n) is 8.72. The predicted molar refractivity (Wildman–Crippen MR) is 57.8 cm³/mol. The van der Waals surface area contributed by atoms with Crippen LogP contribution in [0.15, 0.2) is 0 Å². The minimum Gasteiger partial charge on any atom is -0.134 e. The summed E-state index contributed by atoms with van der Waals surface area (Å²) in [4.78, 5) is 0. The summed E-state index contributed by atoms with van der Waals surface area (Å²) in [6, 6.07) is 0. The van der Waals surface area contributed by atoms with Gasteiger partial charge in [-0.1, -0.05) is 40.5 Å². The first kappa shape index (κ1) is 9.86. The van der Waals surface area contributed by atoms with E-state index in [1.165, 1.54) is 12.8 Å². The van der Waals surface area contributed by atoms with E-state index >= 15 is 0 Å². The van der Waals surface area contributed by atoms with E-state index in [1.54, 1.807) is 0 Å². The van der Waals surface area contributed by atoms with Crippen LogP contribution >= 0.6 is 0 Å². The van der Waals surface area contributed by atoms with Gasteiger partial charge in [0.2, 0.25) is 0 Å². The first-order chi connectivity index (χ1) is 5.55. The van der Waals surface area contributed by atoms with Crippen molar-refractivity contribution in [3.63, 3.8) is 0 Å². The number of hydrogen-bond donors (Lipinski definition) is 0. The Labute approximate surface area is 77.8 Å². The number of terminal acetylenes is 1. The molecule has 0 N–H and O–H groups in total. The van der Waals surface area contributed by atoms with Gasteiger partial charge in [0.25, 0.3) is 0 Å². The lowest BCUT2D eigenvalue weighted by Gasteiger charge is -2.34. The minimum atomic E-state index is -1.36. The van der Waals surface area contributed by atoms with Gasteiger partial charge in [-0.2, -0.15) is 0 Å². The van der Waals surface area contributed by atoms with Crippen LogP contribution in [-0.2, 0) is 0 Å². The fourth-order valence-electron chi connectivity index (χ4n) is 2.62. The fraction of sp³-hybridized carbons (Fsp3) is 0.818. The Hall–Kier alpha value is -0.223. The highest BCUT2D eigenvalue weighted by atomic mass is 28.3. The molecular weight excluding hydrogens is 160 g/mol. The van der Waals surface area contributed by atoms with Crippen LogP contribution in [0.25, 0.3) is 0 Å². The lowest BCUT2D eigenvalue weighted by molar-refractivity contribution is 0.891. The summed E-state index contributed by atoms with van der Waals surface area (Å²) in [6.07, 6.45) is 8.58. The average Bonchev–Trinajstić information content (AvgIpc) is 2.72. The molecule has 0 unspecified atom stereocenters. The molecule has 0 heterocycles. The van der Waals surface area contributed by atoms with Gasteiger partial charge >= 0.3 is 0 Å². The largest absolute Gasteiger partial charge is 0.146 e. The van der Waals surface area contributed by atoms with Crippen molar-refractivity contribution >= 4 is 8.07 Å². The second kappa shape index (κ2) is 3.26. The van der Waals surface area contributed by atoms with E-state index in [9.17, 15) is 0 Å². The average molecular weight is 180 g/mol. The normalized spacial score (nSPS) is 18.4. The van der Waals surface area contributed by atoms with Gasteiger partial charge in [0.15, 0.2) is 0 Å². The predicted octanol–water partition coefficient (Wildman–Crippen LogP) is 3.59. The molecule has 68 valence electrons. The molecule has 1 fully saturated rings. The summed E-state index contributed by atoms with van der Waals surface area (Å²) in [5.74, 6) is 0. The van der Waals surface area contributed by atoms with E-state index in [0.29, 0.717) is 0 Å². The molecule has 1 rings (SSSR count). The Balaban J connectivity index is 2.89. The van der Waals surface area contributed by atoms with Crippen LogP contribution in [-0.4, -0.2) is 8.07 Å². The SMILES string of the molecule is C#C[Si](C(C)C)(C(C)C)C1CC1. The Kier molecular flexibility index (Phi) is 2.68. The molecule has 1 aliphatic rings. The smallest absolute Gasteiger partial charge is 0.134 e. The Morgan fingerprint density at radius 3 is 1.67 bits per heavy atom. The molecule has 0 saturated heterocycles. The van der Waals surface area contributed by atoms with Crippen molar-refractivity contribution in [2.24, 2.45) is 0 Å². The molecule has 1 aliphatic carbocycles. The van der Waals surface area contributed by atoms with Gasteiger partial charge in [-0.05, 0) is 16.6 Å². The summed E-state index contributed by atoms with van der Waals surface area (Å²) in [5, 5.41) is 0. The maximum atomic E-state index is 5.76. The first-order valence-electron chi connectivity index (χ1n) is 5.03. The lowest BCUT2D eigenvalue weighted by atomic mass is 10.5. The monoisotopic (exact) mass is 180 g/mol. The molecule has 0 amide bonds. The fourth-order valence-corrected chi connectivity index (χ4v) is 7.86. The van der Waals surface area contributed by atoms with E-state index in [0.717, 1.165) is 16.6 Å². The molecule has 1 heteroatoms. The quantitative estimate of drug-likeness (QED) is 0.460. The van der Waals surface area contributed by atoms with E-state index in [1.807, 2.05) is 0 Å². The van der Waals surface area contributed by atoms with E-state index in [4.69, 9.17) is 6.42 Å². The molecule has 0 aromatic rings. The van der Waals surface area contributed by atoms with Crippen molar-refractivity contribution < 1.29 is 0 Å². The maximum absolute atomic E-state index is 5.76. The van der Waals surface area contributed by atoms with E-state index in [-0.39, 0.29) is 0 Å². The van der Waals surface area contributed by atoms with Gasteiger partial charge in [0, 0.05) is 0 Å². The topological polar surface area (TPSA) is 0 Å². The number of rotatable bonds is 3. The molecular formula is C11H20Si. The summed E-state index contributed by atoms with van der Waals surface area (Å²) in [7, 11) is -1.36. The molecule has 0 atom stereocenters. The standard InChI is InChI=1S/C11H20Si/c1-6-12(9(2)3,10(4)5)11-7-8-11/h1,9-11H,7-8H2,2-5H3. The third-order valence-electron chi connectivity index (χ3n) is 3.41. The van der Waals surface area contributed by atoms with Crippen LogP contribution in [0.1, 0.15) is 40.5 Å². The Morgan fingerprint density at radius 1 is 1.17 bits per heavy atom. The summed E-state index contributed by atoms with van der Waals surface area (Å²) >= 11 is 0. The van der Waals surface area contributed by atoms with Crippen molar-refractivity contribution in [1.82, 2.24) is 0 Å². The van der Waals surface area contributed by atoms with Crippen LogP contribution in [0.5, 0.6) is 0 Å². The van der Waals surface area contributed by atoms with Crippen LogP contribution in [0.2, 0.25) is 16.6 Å². The summed E-state index contributed by atoms with van der Waals surface area (Å²) in [5.41, 5.74) is 5.68. The second-order valence-corrected chi connectivity index (χ2v) is 9.94. The zero-order valence-corrected chi connectivity index (χ0v) is 9.72. The second-order valence-electron chi connectivity index (χ2n) is 4.66. The molecule has 0 aliphatic heterocycles. The van der Waals surface area contributed by atoms with Crippen molar-refractivity contribution in [3.05, 3.63) is 0 Å². The molecule has 0 aromatic carbocycles. The highest BCUT2D eigenvalue weighted by Crippen LogP contribution is 2.54. The molecule has 0 radical (unpaired) electrons. The lowest BCUT2D eigenvalue weighted by Crippen LogP contribution is -2.40. The Morgan fingerprint density at radius 2 is 1.58 bits per heavy atom. The highest BCUT2D eigenvalue weighted by molar-refractivity contribution is 6.91. The Bertz CT molecular complexity index is 180. The first-order valence-corrected chi connectivity index (χ1v) is 7.26. The number of hydrogen-bond acceptors (Lipinski definition) is 0. The van der Waals surface area contributed by atoms with E-state index < -0.39 is 8.07 Å². The van der Waals surface area contributed by atoms with E-state index in [2.05, 4.69) is 33.2 Å². The van der Waals surface area contributed by atoms with Gasteiger partial charge < -0.3 is 0 Å². The molecule has 0 aromatic heterocycles. The van der Waals surface area contributed by atoms with Crippen molar-refractivity contribution in [3.8, 4) is 12.0 Å². The third kappa shape index (κ3) is 1.33. The molecule has 12 heavy (non-hydrogen) atoms. The van der Waals surface area contributed by atoms with Crippen LogP contribution in [0.4, 0.5) is 0 Å².